The Kier molecular flexibility index (Phi) is 5.77. The zero-order valence-corrected chi connectivity index (χ0v) is 10.7. The van der Waals surface area contributed by atoms with Gasteiger partial charge in [-0.15, -0.1) is 0 Å². The largest absolute Gasteiger partial charge is 0.380 e. The molecule has 16 heavy (non-hydrogen) atoms. The van der Waals surface area contributed by atoms with Gasteiger partial charge in [0.1, 0.15) is 0 Å². The van der Waals surface area contributed by atoms with Crippen LogP contribution in [0.2, 0.25) is 0 Å². The first-order valence-electron chi connectivity index (χ1n) is 6.21. The third-order valence-corrected chi connectivity index (χ3v) is 3.12. The molecule has 2 unspecified atom stereocenters. The molecule has 0 saturated carbocycles. The first kappa shape index (κ1) is 13.5. The Balaban J connectivity index is 2.31. The molecule has 4 nitrogen and oxygen atoms in total. The number of ether oxygens (including phenoxy) is 1. The molecule has 0 aliphatic carbocycles. The molecule has 1 saturated heterocycles. The standard InChI is InChI=1S/C12H24N2O2/c1-4-16-8-7-14(3)12(15)11-5-6-13-10(2)9-11/h10-11,13H,4-9H2,1-3H3. The van der Waals surface area contributed by atoms with Crippen LogP contribution in [0.4, 0.5) is 0 Å². The highest BCUT2D eigenvalue weighted by atomic mass is 16.5. The molecular formula is C12H24N2O2. The van der Waals surface area contributed by atoms with Crippen molar-refractivity contribution in [2.75, 3.05) is 33.4 Å². The quantitative estimate of drug-likeness (QED) is 0.710. The van der Waals surface area contributed by atoms with Crippen molar-refractivity contribution in [2.24, 2.45) is 5.92 Å². The lowest BCUT2D eigenvalue weighted by Crippen LogP contribution is -2.43. The van der Waals surface area contributed by atoms with E-state index in [0.29, 0.717) is 25.8 Å². The van der Waals surface area contributed by atoms with E-state index in [1.807, 2.05) is 14.0 Å². The predicted molar refractivity (Wildman–Crippen MR) is 64.3 cm³/mol. The Hall–Kier alpha value is -0.610. The molecular weight excluding hydrogens is 204 g/mol. The summed E-state index contributed by atoms with van der Waals surface area (Å²) >= 11 is 0. The Morgan fingerprint density at radius 2 is 2.31 bits per heavy atom. The number of amides is 1. The van der Waals surface area contributed by atoms with Gasteiger partial charge in [-0.3, -0.25) is 4.79 Å². The van der Waals surface area contributed by atoms with E-state index in [-0.39, 0.29) is 11.8 Å². The Morgan fingerprint density at radius 1 is 1.56 bits per heavy atom. The zero-order chi connectivity index (χ0) is 12.0. The molecule has 1 heterocycles. The smallest absolute Gasteiger partial charge is 0.225 e. The topological polar surface area (TPSA) is 41.6 Å². The lowest BCUT2D eigenvalue weighted by molar-refractivity contribution is -0.136. The molecule has 1 aliphatic heterocycles. The third-order valence-electron chi connectivity index (χ3n) is 3.12. The van der Waals surface area contributed by atoms with E-state index in [1.165, 1.54) is 0 Å². The van der Waals surface area contributed by atoms with Crippen molar-refractivity contribution in [3.63, 3.8) is 0 Å². The van der Waals surface area contributed by atoms with E-state index < -0.39 is 0 Å². The minimum atomic E-state index is 0.197. The van der Waals surface area contributed by atoms with Gasteiger partial charge in [0, 0.05) is 32.2 Å². The third kappa shape index (κ3) is 4.10. The van der Waals surface area contributed by atoms with E-state index in [2.05, 4.69) is 12.2 Å². The van der Waals surface area contributed by atoms with Gasteiger partial charge in [0.15, 0.2) is 0 Å². The first-order chi connectivity index (χ1) is 7.65. The SMILES string of the molecule is CCOCCN(C)C(=O)C1CCNC(C)C1. The predicted octanol–water partition coefficient (Wildman–Crippen LogP) is 0.869. The average Bonchev–Trinajstić information content (AvgIpc) is 2.28. The normalized spacial score (nSPS) is 25.4. The number of nitrogens with zero attached hydrogens (tertiary/aromatic N) is 1. The van der Waals surface area contributed by atoms with Crippen LogP contribution < -0.4 is 5.32 Å². The van der Waals surface area contributed by atoms with E-state index >= 15 is 0 Å². The highest BCUT2D eigenvalue weighted by molar-refractivity contribution is 5.78. The fourth-order valence-electron chi connectivity index (χ4n) is 2.12. The summed E-state index contributed by atoms with van der Waals surface area (Å²) in [5.74, 6) is 0.468. The highest BCUT2D eigenvalue weighted by Crippen LogP contribution is 2.18. The highest BCUT2D eigenvalue weighted by Gasteiger charge is 2.26. The number of piperidine rings is 1. The van der Waals surface area contributed by atoms with E-state index in [9.17, 15) is 4.79 Å². The van der Waals surface area contributed by atoms with Gasteiger partial charge in [-0.25, -0.2) is 0 Å². The maximum absolute atomic E-state index is 12.1. The van der Waals surface area contributed by atoms with Gasteiger partial charge >= 0.3 is 0 Å². The summed E-state index contributed by atoms with van der Waals surface area (Å²) in [6, 6.07) is 0.461. The number of carbonyl (C=O) groups excluding carboxylic acids is 1. The molecule has 1 fully saturated rings. The van der Waals surface area contributed by atoms with Crippen LogP contribution in [0, 0.1) is 5.92 Å². The lowest BCUT2D eigenvalue weighted by atomic mass is 9.92. The molecule has 0 bridgehead atoms. The van der Waals surface area contributed by atoms with E-state index in [1.54, 1.807) is 4.90 Å². The van der Waals surface area contributed by atoms with Crippen LogP contribution in [0.5, 0.6) is 0 Å². The molecule has 1 rings (SSSR count). The van der Waals surface area contributed by atoms with Crippen molar-refractivity contribution in [1.29, 1.82) is 0 Å². The van der Waals surface area contributed by atoms with Crippen LogP contribution >= 0.6 is 0 Å². The maximum atomic E-state index is 12.1. The zero-order valence-electron chi connectivity index (χ0n) is 10.7. The molecule has 0 radical (unpaired) electrons. The van der Waals surface area contributed by atoms with Crippen molar-refractivity contribution in [3.05, 3.63) is 0 Å². The van der Waals surface area contributed by atoms with Gasteiger partial charge in [-0.2, -0.15) is 0 Å². The second-order valence-electron chi connectivity index (χ2n) is 4.53. The molecule has 1 aliphatic rings. The number of carbonyl (C=O) groups is 1. The number of nitrogens with one attached hydrogen (secondary N) is 1. The summed E-state index contributed by atoms with van der Waals surface area (Å²) in [6.07, 6.45) is 1.92. The van der Waals surface area contributed by atoms with Crippen molar-refractivity contribution >= 4 is 5.91 Å². The lowest BCUT2D eigenvalue weighted by Gasteiger charge is -2.30. The summed E-state index contributed by atoms with van der Waals surface area (Å²) < 4.78 is 5.26. The summed E-state index contributed by atoms with van der Waals surface area (Å²) in [5, 5.41) is 3.36. The Bertz CT molecular complexity index is 221. The number of hydrogen-bond acceptors (Lipinski definition) is 3. The second-order valence-corrected chi connectivity index (χ2v) is 4.53. The minimum Gasteiger partial charge on any atom is -0.380 e. The average molecular weight is 228 g/mol. The molecule has 0 aromatic heterocycles. The van der Waals surface area contributed by atoms with Crippen molar-refractivity contribution < 1.29 is 9.53 Å². The second kappa shape index (κ2) is 6.86. The molecule has 1 N–H and O–H groups in total. The molecule has 1 amide bonds. The first-order valence-corrected chi connectivity index (χ1v) is 6.21. The number of likely N-dealkylation sites (N-methyl/N-ethyl adjacent to an activating group) is 1. The molecule has 2 atom stereocenters. The fraction of sp³-hybridized carbons (Fsp3) is 0.917. The monoisotopic (exact) mass is 228 g/mol. The van der Waals surface area contributed by atoms with Gasteiger partial charge in [0.2, 0.25) is 5.91 Å². The summed E-state index contributed by atoms with van der Waals surface area (Å²) in [6.45, 7) is 7.11. The Labute approximate surface area is 98.3 Å². The summed E-state index contributed by atoms with van der Waals surface area (Å²) in [4.78, 5) is 13.9. The van der Waals surface area contributed by atoms with Gasteiger partial charge in [-0.1, -0.05) is 0 Å². The van der Waals surface area contributed by atoms with E-state index in [0.717, 1.165) is 19.4 Å². The molecule has 94 valence electrons. The van der Waals surface area contributed by atoms with Gasteiger partial charge < -0.3 is 15.0 Å². The van der Waals surface area contributed by atoms with Crippen LogP contribution in [0.3, 0.4) is 0 Å². The summed E-state index contributed by atoms with van der Waals surface area (Å²) in [7, 11) is 1.87. The van der Waals surface area contributed by atoms with Crippen LogP contribution in [0.15, 0.2) is 0 Å². The van der Waals surface area contributed by atoms with Crippen LogP contribution in [0.25, 0.3) is 0 Å². The minimum absolute atomic E-state index is 0.197. The van der Waals surface area contributed by atoms with Crippen molar-refractivity contribution in [1.82, 2.24) is 10.2 Å². The molecule has 0 aromatic carbocycles. The maximum Gasteiger partial charge on any atom is 0.225 e. The van der Waals surface area contributed by atoms with Gasteiger partial charge in [-0.05, 0) is 33.2 Å². The number of hydrogen-bond donors (Lipinski definition) is 1. The van der Waals surface area contributed by atoms with Crippen molar-refractivity contribution in [3.8, 4) is 0 Å². The van der Waals surface area contributed by atoms with E-state index in [4.69, 9.17) is 4.74 Å². The van der Waals surface area contributed by atoms with Crippen LogP contribution in [0.1, 0.15) is 26.7 Å². The van der Waals surface area contributed by atoms with Crippen molar-refractivity contribution in [2.45, 2.75) is 32.7 Å². The van der Waals surface area contributed by atoms with Crippen LogP contribution in [-0.4, -0.2) is 50.2 Å². The molecule has 0 aromatic rings. The summed E-state index contributed by atoms with van der Waals surface area (Å²) in [5.41, 5.74) is 0. The number of rotatable bonds is 5. The van der Waals surface area contributed by atoms with Crippen LogP contribution in [-0.2, 0) is 9.53 Å². The van der Waals surface area contributed by atoms with Gasteiger partial charge in [0.25, 0.3) is 0 Å². The molecule has 4 heteroatoms. The Morgan fingerprint density at radius 3 is 2.94 bits per heavy atom. The molecule has 0 spiro atoms. The fourth-order valence-corrected chi connectivity index (χ4v) is 2.12. The van der Waals surface area contributed by atoms with Gasteiger partial charge in [0.05, 0.1) is 6.61 Å².